The van der Waals surface area contributed by atoms with Crippen molar-refractivity contribution >= 4 is 0 Å². The molecule has 0 radical (unpaired) electrons. The van der Waals surface area contributed by atoms with Crippen molar-refractivity contribution < 1.29 is 4.74 Å². The first kappa shape index (κ1) is 15.3. The van der Waals surface area contributed by atoms with Crippen molar-refractivity contribution in [3.8, 4) is 5.75 Å². The number of hydrogen-bond acceptors (Lipinski definition) is 3. The molecule has 0 amide bonds. The molecular weight excluding hydrogens is 248 g/mol. The Kier molecular flexibility index (Phi) is 5.86. The third-order valence-corrected chi connectivity index (χ3v) is 3.79. The van der Waals surface area contributed by atoms with Gasteiger partial charge in [-0.15, -0.1) is 0 Å². The largest absolute Gasteiger partial charge is 0.494 e. The number of nitrogens with two attached hydrogens (primary N) is 1. The number of rotatable bonds is 9. The van der Waals surface area contributed by atoms with Gasteiger partial charge < -0.3 is 10.5 Å². The molecule has 1 aromatic rings. The summed E-state index contributed by atoms with van der Waals surface area (Å²) in [6.45, 7) is 7.26. The third-order valence-electron chi connectivity index (χ3n) is 3.79. The van der Waals surface area contributed by atoms with Crippen molar-refractivity contribution in [1.29, 1.82) is 0 Å². The minimum absolute atomic E-state index is 0.0994. The van der Waals surface area contributed by atoms with Gasteiger partial charge in [0.15, 0.2) is 0 Å². The van der Waals surface area contributed by atoms with Crippen LogP contribution in [0.2, 0.25) is 0 Å². The summed E-state index contributed by atoms with van der Waals surface area (Å²) >= 11 is 0. The smallest absolute Gasteiger partial charge is 0.119 e. The first-order chi connectivity index (χ1) is 9.74. The van der Waals surface area contributed by atoms with Crippen molar-refractivity contribution in [2.75, 3.05) is 19.7 Å². The van der Waals surface area contributed by atoms with Crippen molar-refractivity contribution in [1.82, 2.24) is 4.90 Å². The molecule has 3 heteroatoms. The van der Waals surface area contributed by atoms with E-state index in [4.69, 9.17) is 10.5 Å². The van der Waals surface area contributed by atoms with E-state index in [0.717, 1.165) is 37.9 Å². The van der Waals surface area contributed by atoms with Crippen molar-refractivity contribution in [2.45, 2.75) is 51.6 Å². The molecule has 0 aliphatic heterocycles. The van der Waals surface area contributed by atoms with Crippen LogP contribution in [0.25, 0.3) is 0 Å². The molecule has 0 bridgehead atoms. The van der Waals surface area contributed by atoms with Gasteiger partial charge in [-0.3, -0.25) is 4.90 Å². The van der Waals surface area contributed by atoms with Gasteiger partial charge in [-0.05, 0) is 49.9 Å². The highest BCUT2D eigenvalue weighted by Crippen LogP contribution is 2.28. The van der Waals surface area contributed by atoms with Crippen molar-refractivity contribution in [2.24, 2.45) is 5.73 Å². The molecule has 1 atom stereocenters. The summed E-state index contributed by atoms with van der Waals surface area (Å²) < 4.78 is 5.61. The van der Waals surface area contributed by atoms with Crippen LogP contribution in [0.3, 0.4) is 0 Å². The second-order valence-electron chi connectivity index (χ2n) is 5.75. The summed E-state index contributed by atoms with van der Waals surface area (Å²) in [5.41, 5.74) is 7.56. The molecule has 1 fully saturated rings. The average molecular weight is 276 g/mol. The molecule has 0 saturated heterocycles. The molecule has 1 aliphatic rings. The normalized spacial score (nSPS) is 16.4. The minimum atomic E-state index is 0.0994. The van der Waals surface area contributed by atoms with Crippen LogP contribution < -0.4 is 10.5 Å². The Hall–Kier alpha value is -1.06. The molecule has 2 rings (SSSR count). The fraction of sp³-hybridized carbons (Fsp3) is 0.647. The topological polar surface area (TPSA) is 38.5 Å². The molecule has 1 unspecified atom stereocenters. The Morgan fingerprint density at radius 2 is 1.90 bits per heavy atom. The molecule has 0 spiro atoms. The van der Waals surface area contributed by atoms with Gasteiger partial charge in [0.1, 0.15) is 5.75 Å². The van der Waals surface area contributed by atoms with Gasteiger partial charge in [0, 0.05) is 18.6 Å². The first-order valence-corrected chi connectivity index (χ1v) is 7.97. The first-order valence-electron chi connectivity index (χ1n) is 7.97. The quantitative estimate of drug-likeness (QED) is 0.751. The highest BCUT2D eigenvalue weighted by molar-refractivity contribution is 5.29. The van der Waals surface area contributed by atoms with Crippen LogP contribution in [0.5, 0.6) is 5.75 Å². The van der Waals surface area contributed by atoms with Crippen LogP contribution in [-0.2, 0) is 0 Å². The lowest BCUT2D eigenvalue weighted by Crippen LogP contribution is -2.34. The van der Waals surface area contributed by atoms with E-state index in [-0.39, 0.29) is 6.04 Å². The van der Waals surface area contributed by atoms with Crippen LogP contribution in [0.4, 0.5) is 0 Å². The van der Waals surface area contributed by atoms with E-state index < -0.39 is 0 Å². The van der Waals surface area contributed by atoms with Crippen molar-refractivity contribution in [3.05, 3.63) is 29.8 Å². The van der Waals surface area contributed by atoms with E-state index in [1.165, 1.54) is 24.8 Å². The van der Waals surface area contributed by atoms with E-state index >= 15 is 0 Å². The van der Waals surface area contributed by atoms with E-state index in [1.54, 1.807) is 0 Å². The zero-order chi connectivity index (χ0) is 14.4. The summed E-state index contributed by atoms with van der Waals surface area (Å²) in [7, 11) is 0. The fourth-order valence-corrected chi connectivity index (χ4v) is 2.54. The maximum absolute atomic E-state index is 6.36. The molecule has 2 N–H and O–H groups in total. The molecule has 0 heterocycles. The lowest BCUT2D eigenvalue weighted by Gasteiger charge is -2.25. The van der Waals surface area contributed by atoms with Crippen molar-refractivity contribution in [3.63, 3.8) is 0 Å². The van der Waals surface area contributed by atoms with Crippen LogP contribution in [0, 0.1) is 0 Å². The summed E-state index contributed by atoms with van der Waals surface area (Å²) in [4.78, 5) is 2.55. The molecule has 112 valence electrons. The Morgan fingerprint density at radius 1 is 1.20 bits per heavy atom. The second kappa shape index (κ2) is 7.65. The predicted octanol–water partition coefficient (Wildman–Crippen LogP) is 3.35. The van der Waals surface area contributed by atoms with Crippen LogP contribution in [-0.4, -0.2) is 30.6 Å². The van der Waals surface area contributed by atoms with E-state index in [9.17, 15) is 0 Å². The molecule has 1 aromatic carbocycles. The standard InChI is InChI=1S/C17H28N2O/c1-3-11-19(15-7-8-15)13-17(18)14-5-9-16(10-6-14)20-12-4-2/h5-6,9-10,15,17H,3-4,7-8,11-13,18H2,1-2H3. The molecule has 1 aliphatic carbocycles. The highest BCUT2D eigenvalue weighted by Gasteiger charge is 2.29. The number of hydrogen-bond donors (Lipinski definition) is 1. The van der Waals surface area contributed by atoms with Gasteiger partial charge in [-0.1, -0.05) is 26.0 Å². The van der Waals surface area contributed by atoms with Gasteiger partial charge in [-0.2, -0.15) is 0 Å². The average Bonchev–Trinajstić information content (AvgIpc) is 3.29. The molecular formula is C17H28N2O. The Bertz CT molecular complexity index is 386. The summed E-state index contributed by atoms with van der Waals surface area (Å²) in [5, 5.41) is 0. The monoisotopic (exact) mass is 276 g/mol. The Morgan fingerprint density at radius 3 is 2.45 bits per heavy atom. The number of ether oxygens (including phenoxy) is 1. The third kappa shape index (κ3) is 4.50. The maximum atomic E-state index is 6.36. The highest BCUT2D eigenvalue weighted by atomic mass is 16.5. The minimum Gasteiger partial charge on any atom is -0.494 e. The van der Waals surface area contributed by atoms with Gasteiger partial charge in [0.2, 0.25) is 0 Å². The Balaban J connectivity index is 1.88. The molecule has 3 nitrogen and oxygen atoms in total. The molecule has 1 saturated carbocycles. The Labute approximate surface area is 123 Å². The SMILES string of the molecule is CCCOc1ccc(C(N)CN(CCC)C2CC2)cc1. The molecule has 20 heavy (non-hydrogen) atoms. The number of benzene rings is 1. The van der Waals surface area contributed by atoms with Crippen LogP contribution >= 0.6 is 0 Å². The second-order valence-corrected chi connectivity index (χ2v) is 5.75. The van der Waals surface area contributed by atoms with Crippen LogP contribution in [0.15, 0.2) is 24.3 Å². The summed E-state index contributed by atoms with van der Waals surface area (Å²) in [6, 6.07) is 9.16. The zero-order valence-electron chi connectivity index (χ0n) is 12.8. The lowest BCUT2D eigenvalue weighted by molar-refractivity contribution is 0.248. The van der Waals surface area contributed by atoms with Crippen LogP contribution in [0.1, 0.15) is 51.1 Å². The molecule has 0 aromatic heterocycles. The van der Waals surface area contributed by atoms with E-state index in [2.05, 4.69) is 30.9 Å². The van der Waals surface area contributed by atoms with E-state index in [1.807, 2.05) is 12.1 Å². The number of nitrogens with zero attached hydrogens (tertiary/aromatic N) is 1. The maximum Gasteiger partial charge on any atom is 0.119 e. The zero-order valence-corrected chi connectivity index (χ0v) is 12.8. The summed E-state index contributed by atoms with van der Waals surface area (Å²) in [5.74, 6) is 0.940. The van der Waals surface area contributed by atoms with Gasteiger partial charge in [0.25, 0.3) is 0 Å². The van der Waals surface area contributed by atoms with Gasteiger partial charge in [0.05, 0.1) is 6.61 Å². The predicted molar refractivity (Wildman–Crippen MR) is 84.0 cm³/mol. The summed E-state index contributed by atoms with van der Waals surface area (Å²) in [6.07, 6.45) is 4.93. The van der Waals surface area contributed by atoms with Gasteiger partial charge in [-0.25, -0.2) is 0 Å². The lowest BCUT2D eigenvalue weighted by atomic mass is 10.1. The van der Waals surface area contributed by atoms with Gasteiger partial charge >= 0.3 is 0 Å². The van der Waals surface area contributed by atoms with E-state index in [0.29, 0.717) is 0 Å². The fourth-order valence-electron chi connectivity index (χ4n) is 2.54.